The van der Waals surface area contributed by atoms with E-state index in [9.17, 15) is 4.79 Å². The quantitative estimate of drug-likeness (QED) is 0.731. The highest BCUT2D eigenvalue weighted by Gasteiger charge is 2.27. The summed E-state index contributed by atoms with van der Waals surface area (Å²) >= 11 is 0. The molecule has 4 rings (SSSR count). The van der Waals surface area contributed by atoms with Crippen molar-refractivity contribution in [1.29, 1.82) is 0 Å². The van der Waals surface area contributed by atoms with E-state index >= 15 is 0 Å². The normalized spacial score (nSPS) is 20.9. The number of nitrogens with zero attached hydrogens (tertiary/aromatic N) is 3. The van der Waals surface area contributed by atoms with Crippen molar-refractivity contribution in [1.82, 2.24) is 25.1 Å². The van der Waals surface area contributed by atoms with Gasteiger partial charge in [-0.05, 0) is 30.5 Å². The van der Waals surface area contributed by atoms with Crippen molar-refractivity contribution in [2.45, 2.75) is 31.6 Å². The van der Waals surface area contributed by atoms with Crippen molar-refractivity contribution in [3.8, 4) is 0 Å². The number of nitrogens with one attached hydrogen (secondary N) is 2. The Kier molecular flexibility index (Phi) is 3.91. The number of aromatic nitrogens is 4. The Morgan fingerprint density at radius 2 is 2.33 bits per heavy atom. The SMILES string of the molecule is Cn1c(=O)oc2cc(CNC[C@H]3CC[C@@H](c4ncn[nH]4)O3)ccc21. The van der Waals surface area contributed by atoms with Crippen molar-refractivity contribution < 1.29 is 9.15 Å². The zero-order chi connectivity index (χ0) is 16.5. The maximum Gasteiger partial charge on any atom is 0.419 e. The zero-order valence-corrected chi connectivity index (χ0v) is 13.4. The molecule has 3 aromatic rings. The average Bonchev–Trinajstić information content (AvgIpc) is 3.29. The van der Waals surface area contributed by atoms with Gasteiger partial charge in [-0.2, -0.15) is 5.10 Å². The van der Waals surface area contributed by atoms with E-state index in [1.54, 1.807) is 7.05 Å². The second-order valence-corrected chi connectivity index (χ2v) is 6.05. The number of rotatable bonds is 5. The Balaban J connectivity index is 1.32. The van der Waals surface area contributed by atoms with Crippen molar-refractivity contribution in [3.05, 3.63) is 46.5 Å². The van der Waals surface area contributed by atoms with Gasteiger partial charge < -0.3 is 14.5 Å². The Bertz CT molecular complexity index is 883. The molecule has 1 aromatic carbocycles. The number of aromatic amines is 1. The number of ether oxygens (including phenoxy) is 1. The third-order valence-electron chi connectivity index (χ3n) is 4.40. The maximum absolute atomic E-state index is 11.5. The number of benzene rings is 1. The Labute approximate surface area is 137 Å². The molecule has 1 fully saturated rings. The van der Waals surface area contributed by atoms with Gasteiger partial charge in [-0.15, -0.1) is 0 Å². The fourth-order valence-corrected chi connectivity index (χ4v) is 3.09. The van der Waals surface area contributed by atoms with Gasteiger partial charge in [-0.1, -0.05) is 6.07 Å². The minimum absolute atomic E-state index is 0.00856. The molecule has 3 heterocycles. The summed E-state index contributed by atoms with van der Waals surface area (Å²) in [5.74, 6) is 0.454. The maximum atomic E-state index is 11.5. The molecule has 0 unspecified atom stereocenters. The topological polar surface area (TPSA) is 98.0 Å². The molecule has 0 bridgehead atoms. The lowest BCUT2D eigenvalue weighted by Crippen LogP contribution is -2.26. The van der Waals surface area contributed by atoms with Gasteiger partial charge in [0.2, 0.25) is 0 Å². The first-order chi connectivity index (χ1) is 11.7. The van der Waals surface area contributed by atoms with Gasteiger partial charge in [0, 0.05) is 20.1 Å². The van der Waals surface area contributed by atoms with Crippen molar-refractivity contribution in [2.75, 3.05) is 6.54 Å². The van der Waals surface area contributed by atoms with E-state index < -0.39 is 0 Å². The molecule has 8 heteroatoms. The molecule has 0 saturated carbocycles. The first kappa shape index (κ1) is 15.1. The number of aryl methyl sites for hydroxylation is 1. The summed E-state index contributed by atoms with van der Waals surface area (Å²) in [6.07, 6.45) is 3.61. The van der Waals surface area contributed by atoms with Gasteiger partial charge in [0.1, 0.15) is 12.4 Å². The molecule has 1 aliphatic rings. The molecule has 0 aliphatic carbocycles. The van der Waals surface area contributed by atoms with E-state index in [0.717, 1.165) is 36.3 Å². The second-order valence-electron chi connectivity index (χ2n) is 6.05. The van der Waals surface area contributed by atoms with Crippen LogP contribution in [0.3, 0.4) is 0 Å². The van der Waals surface area contributed by atoms with E-state index in [1.165, 1.54) is 10.9 Å². The van der Waals surface area contributed by atoms with Crippen LogP contribution in [0, 0.1) is 0 Å². The summed E-state index contributed by atoms with van der Waals surface area (Å²) in [4.78, 5) is 15.7. The Morgan fingerprint density at radius 3 is 3.17 bits per heavy atom. The fraction of sp³-hybridized carbons (Fsp3) is 0.438. The minimum atomic E-state index is -0.340. The molecule has 24 heavy (non-hydrogen) atoms. The van der Waals surface area contributed by atoms with Crippen LogP contribution in [0.4, 0.5) is 0 Å². The van der Waals surface area contributed by atoms with Crippen molar-refractivity contribution in [2.24, 2.45) is 7.05 Å². The zero-order valence-electron chi connectivity index (χ0n) is 13.4. The lowest BCUT2D eigenvalue weighted by atomic mass is 10.1. The standard InChI is InChI=1S/C16H19N5O3/c1-21-12-4-2-10(6-14(12)24-16(21)22)7-17-8-11-3-5-13(23-11)15-18-9-19-20-15/h2,4,6,9,11,13,17H,3,5,7-8H2,1H3,(H,18,19,20)/t11-,13+/m1/s1. The predicted molar refractivity (Wildman–Crippen MR) is 86.4 cm³/mol. The summed E-state index contributed by atoms with van der Waals surface area (Å²) in [6.45, 7) is 1.46. The molecule has 2 aromatic heterocycles. The fourth-order valence-electron chi connectivity index (χ4n) is 3.09. The van der Waals surface area contributed by atoms with E-state index in [-0.39, 0.29) is 18.0 Å². The first-order valence-electron chi connectivity index (χ1n) is 8.00. The van der Waals surface area contributed by atoms with Crippen LogP contribution < -0.4 is 11.1 Å². The molecular formula is C16H19N5O3. The van der Waals surface area contributed by atoms with Crippen molar-refractivity contribution in [3.63, 3.8) is 0 Å². The van der Waals surface area contributed by atoms with Crippen LogP contribution in [-0.4, -0.2) is 32.4 Å². The molecule has 2 N–H and O–H groups in total. The van der Waals surface area contributed by atoms with Crippen LogP contribution in [0.25, 0.3) is 11.1 Å². The molecular weight excluding hydrogens is 310 g/mol. The Morgan fingerprint density at radius 1 is 1.42 bits per heavy atom. The molecule has 8 nitrogen and oxygen atoms in total. The largest absolute Gasteiger partial charge is 0.419 e. The van der Waals surface area contributed by atoms with Crippen molar-refractivity contribution >= 4 is 11.1 Å². The van der Waals surface area contributed by atoms with Crippen LogP contribution in [0.2, 0.25) is 0 Å². The molecule has 0 radical (unpaired) electrons. The number of hydrogen-bond donors (Lipinski definition) is 2. The number of H-pyrrole nitrogens is 1. The summed E-state index contributed by atoms with van der Waals surface area (Å²) in [5, 5.41) is 10.1. The van der Waals surface area contributed by atoms with Gasteiger partial charge in [-0.25, -0.2) is 9.78 Å². The summed E-state index contributed by atoms with van der Waals surface area (Å²) in [6, 6.07) is 5.80. The van der Waals surface area contributed by atoms with Gasteiger partial charge >= 0.3 is 5.76 Å². The number of fused-ring (bicyclic) bond motifs is 1. The van der Waals surface area contributed by atoms with Gasteiger partial charge in [0.25, 0.3) is 0 Å². The average molecular weight is 329 g/mol. The van der Waals surface area contributed by atoms with Gasteiger partial charge in [-0.3, -0.25) is 9.67 Å². The highest BCUT2D eigenvalue weighted by molar-refractivity contribution is 5.73. The molecule has 1 aliphatic heterocycles. The van der Waals surface area contributed by atoms with Gasteiger partial charge in [0.15, 0.2) is 11.4 Å². The van der Waals surface area contributed by atoms with Crippen LogP contribution in [0.5, 0.6) is 0 Å². The lowest BCUT2D eigenvalue weighted by Gasteiger charge is -2.13. The second kappa shape index (κ2) is 6.21. The molecule has 0 amide bonds. The lowest BCUT2D eigenvalue weighted by molar-refractivity contribution is 0.0401. The third kappa shape index (κ3) is 2.85. The van der Waals surface area contributed by atoms with E-state index in [0.29, 0.717) is 12.1 Å². The molecule has 126 valence electrons. The van der Waals surface area contributed by atoms with Crippen LogP contribution in [0.1, 0.15) is 30.3 Å². The summed E-state index contributed by atoms with van der Waals surface area (Å²) < 4.78 is 12.7. The summed E-state index contributed by atoms with van der Waals surface area (Å²) in [5.41, 5.74) is 2.49. The van der Waals surface area contributed by atoms with Crippen LogP contribution in [0.15, 0.2) is 33.7 Å². The Hall–Kier alpha value is -2.45. The highest BCUT2D eigenvalue weighted by Crippen LogP contribution is 2.30. The van der Waals surface area contributed by atoms with E-state index in [2.05, 4.69) is 20.5 Å². The predicted octanol–water partition coefficient (Wildman–Crippen LogP) is 1.26. The monoisotopic (exact) mass is 329 g/mol. The number of oxazole rings is 1. The van der Waals surface area contributed by atoms with Crippen LogP contribution in [-0.2, 0) is 18.3 Å². The smallest absolute Gasteiger partial charge is 0.408 e. The van der Waals surface area contributed by atoms with Crippen LogP contribution >= 0.6 is 0 Å². The minimum Gasteiger partial charge on any atom is -0.408 e. The molecule has 2 atom stereocenters. The molecule has 0 spiro atoms. The first-order valence-corrected chi connectivity index (χ1v) is 8.00. The highest BCUT2D eigenvalue weighted by atomic mass is 16.5. The van der Waals surface area contributed by atoms with E-state index in [1.807, 2.05) is 18.2 Å². The molecule has 1 saturated heterocycles. The van der Waals surface area contributed by atoms with Gasteiger partial charge in [0.05, 0.1) is 11.6 Å². The third-order valence-corrected chi connectivity index (χ3v) is 4.40. The van der Waals surface area contributed by atoms with E-state index in [4.69, 9.17) is 9.15 Å². The summed E-state index contributed by atoms with van der Waals surface area (Å²) in [7, 11) is 1.70. The number of hydrogen-bond acceptors (Lipinski definition) is 6.